The lowest BCUT2D eigenvalue weighted by atomic mass is 10.2. The van der Waals surface area contributed by atoms with Crippen LogP contribution in [0.1, 0.15) is 15.9 Å². The number of rotatable bonds is 6. The number of carbonyl (C=O) groups excluding carboxylic acids is 1. The van der Waals surface area contributed by atoms with Gasteiger partial charge in [0.25, 0.3) is 5.91 Å². The molecule has 0 aliphatic heterocycles. The molecular formula is C20H15F2NO4S. The molecule has 3 rings (SSSR count). The normalized spacial score (nSPS) is 11.1. The highest BCUT2D eigenvalue weighted by atomic mass is 32.2. The molecule has 1 N–H and O–H groups in total. The van der Waals surface area contributed by atoms with E-state index in [1.54, 1.807) is 0 Å². The molecular weight excluding hydrogens is 388 g/mol. The fraction of sp³-hybridized carbons (Fsp3) is 0.0500. The number of hydrogen-bond acceptors (Lipinski definition) is 4. The number of nitrogens with one attached hydrogen (secondary N) is 1. The summed E-state index contributed by atoms with van der Waals surface area (Å²) in [6.45, 7) is 0.289. The molecule has 3 aromatic carbocycles. The molecule has 8 heteroatoms. The van der Waals surface area contributed by atoms with Gasteiger partial charge in [0.2, 0.25) is 0 Å². The van der Waals surface area contributed by atoms with Gasteiger partial charge in [-0.2, -0.15) is 8.42 Å². The predicted octanol–water partition coefficient (Wildman–Crippen LogP) is 3.66. The topological polar surface area (TPSA) is 72.5 Å². The van der Waals surface area contributed by atoms with Crippen LogP contribution < -0.4 is 9.50 Å². The van der Waals surface area contributed by atoms with Gasteiger partial charge in [0.05, 0.1) is 0 Å². The quantitative estimate of drug-likeness (QED) is 0.638. The Morgan fingerprint density at radius 3 is 2.43 bits per heavy atom. The summed E-state index contributed by atoms with van der Waals surface area (Å²) in [6, 6.07) is 16.6. The van der Waals surface area contributed by atoms with E-state index in [1.807, 2.05) is 30.3 Å². The van der Waals surface area contributed by atoms with E-state index in [4.69, 9.17) is 4.18 Å². The Bertz CT molecular complexity index is 1100. The van der Waals surface area contributed by atoms with E-state index in [2.05, 4.69) is 5.32 Å². The van der Waals surface area contributed by atoms with Gasteiger partial charge < -0.3 is 9.50 Å². The zero-order chi connectivity index (χ0) is 20.1. The molecule has 0 fully saturated rings. The highest BCUT2D eigenvalue weighted by Gasteiger charge is 2.22. The van der Waals surface area contributed by atoms with Crippen molar-refractivity contribution in [3.8, 4) is 5.75 Å². The third-order valence-corrected chi connectivity index (χ3v) is 5.02. The van der Waals surface area contributed by atoms with Crippen LogP contribution in [0.15, 0.2) is 77.7 Å². The first-order valence-corrected chi connectivity index (χ1v) is 9.58. The molecule has 0 spiro atoms. The Kier molecular flexibility index (Phi) is 5.70. The van der Waals surface area contributed by atoms with Gasteiger partial charge in [-0.3, -0.25) is 4.79 Å². The minimum atomic E-state index is -4.61. The van der Waals surface area contributed by atoms with Crippen molar-refractivity contribution in [1.29, 1.82) is 0 Å². The van der Waals surface area contributed by atoms with Crippen molar-refractivity contribution in [1.82, 2.24) is 5.32 Å². The van der Waals surface area contributed by atoms with Crippen LogP contribution in [-0.4, -0.2) is 14.3 Å². The molecule has 0 heterocycles. The molecule has 5 nitrogen and oxygen atoms in total. The Labute approximate surface area is 160 Å². The highest BCUT2D eigenvalue weighted by Crippen LogP contribution is 2.22. The average molecular weight is 403 g/mol. The smallest absolute Gasteiger partial charge is 0.342 e. The van der Waals surface area contributed by atoms with Crippen molar-refractivity contribution in [2.24, 2.45) is 0 Å². The first kappa shape index (κ1) is 19.5. The molecule has 0 aliphatic rings. The van der Waals surface area contributed by atoms with Gasteiger partial charge in [-0.05, 0) is 42.0 Å². The van der Waals surface area contributed by atoms with Gasteiger partial charge in [0.15, 0.2) is 0 Å². The molecule has 0 bridgehead atoms. The lowest BCUT2D eigenvalue weighted by Gasteiger charge is -2.10. The molecule has 0 radical (unpaired) electrons. The number of amides is 1. The van der Waals surface area contributed by atoms with Gasteiger partial charge in [0, 0.05) is 12.1 Å². The molecule has 0 saturated heterocycles. The van der Waals surface area contributed by atoms with Crippen molar-refractivity contribution < 1.29 is 26.2 Å². The maximum Gasteiger partial charge on any atom is 0.342 e. The fourth-order valence-corrected chi connectivity index (χ4v) is 3.42. The van der Waals surface area contributed by atoms with E-state index in [0.29, 0.717) is 12.1 Å². The van der Waals surface area contributed by atoms with Crippen LogP contribution in [-0.2, 0) is 16.7 Å². The standard InChI is InChI=1S/C20H15F2NO4S/c21-16-9-10-18(22)19(12-16)28(25,26)27-17-8-4-7-15(11-17)20(24)23-13-14-5-2-1-3-6-14/h1-12H,13H2,(H,23,24). The Morgan fingerprint density at radius 1 is 0.929 bits per heavy atom. The maximum absolute atomic E-state index is 13.7. The number of hydrogen-bond donors (Lipinski definition) is 1. The van der Waals surface area contributed by atoms with Gasteiger partial charge in [-0.25, -0.2) is 8.78 Å². The minimum Gasteiger partial charge on any atom is -0.379 e. The highest BCUT2D eigenvalue weighted by molar-refractivity contribution is 7.87. The first-order chi connectivity index (χ1) is 13.3. The van der Waals surface area contributed by atoms with Crippen LogP contribution in [0.25, 0.3) is 0 Å². The molecule has 144 valence electrons. The minimum absolute atomic E-state index is 0.156. The van der Waals surface area contributed by atoms with Crippen LogP contribution in [0, 0.1) is 11.6 Å². The van der Waals surface area contributed by atoms with E-state index in [-0.39, 0.29) is 17.9 Å². The molecule has 0 aliphatic carbocycles. The van der Waals surface area contributed by atoms with Gasteiger partial charge in [-0.1, -0.05) is 36.4 Å². The molecule has 0 aromatic heterocycles. The van der Waals surface area contributed by atoms with Crippen LogP contribution in [0.4, 0.5) is 8.78 Å². The summed E-state index contributed by atoms with van der Waals surface area (Å²) < 4.78 is 56.4. The molecule has 0 unspecified atom stereocenters. The zero-order valence-corrected chi connectivity index (χ0v) is 15.2. The van der Waals surface area contributed by atoms with Crippen LogP contribution in [0.3, 0.4) is 0 Å². The van der Waals surface area contributed by atoms with E-state index in [1.165, 1.54) is 24.3 Å². The summed E-state index contributed by atoms with van der Waals surface area (Å²) in [6.07, 6.45) is 0. The number of benzene rings is 3. The van der Waals surface area contributed by atoms with Crippen LogP contribution in [0.5, 0.6) is 5.75 Å². The van der Waals surface area contributed by atoms with Crippen molar-refractivity contribution in [2.75, 3.05) is 0 Å². The summed E-state index contributed by atoms with van der Waals surface area (Å²) >= 11 is 0. The monoisotopic (exact) mass is 403 g/mol. The third kappa shape index (κ3) is 4.72. The first-order valence-electron chi connectivity index (χ1n) is 8.17. The van der Waals surface area contributed by atoms with Gasteiger partial charge >= 0.3 is 10.1 Å². The SMILES string of the molecule is O=C(NCc1ccccc1)c1cccc(OS(=O)(=O)c2cc(F)ccc2F)c1. The van der Waals surface area contributed by atoms with Gasteiger partial charge in [-0.15, -0.1) is 0 Å². The second-order valence-electron chi connectivity index (χ2n) is 5.81. The van der Waals surface area contributed by atoms with E-state index < -0.39 is 32.6 Å². The van der Waals surface area contributed by atoms with Crippen LogP contribution >= 0.6 is 0 Å². The van der Waals surface area contributed by atoms with Crippen molar-refractivity contribution >= 4 is 16.0 Å². The Morgan fingerprint density at radius 2 is 1.68 bits per heavy atom. The summed E-state index contributed by atoms with van der Waals surface area (Å²) in [5.41, 5.74) is 1.05. The van der Waals surface area contributed by atoms with Crippen molar-refractivity contribution in [3.05, 3.63) is 95.6 Å². The third-order valence-electron chi connectivity index (χ3n) is 3.76. The molecule has 3 aromatic rings. The predicted molar refractivity (Wildman–Crippen MR) is 98.2 cm³/mol. The lowest BCUT2D eigenvalue weighted by Crippen LogP contribution is -2.22. The second kappa shape index (κ2) is 8.18. The van der Waals surface area contributed by atoms with E-state index in [0.717, 1.165) is 11.6 Å². The second-order valence-corrected chi connectivity index (χ2v) is 7.32. The Balaban J connectivity index is 1.75. The Hall–Kier alpha value is -3.26. The molecule has 1 amide bonds. The fourth-order valence-electron chi connectivity index (χ4n) is 2.41. The maximum atomic E-state index is 13.7. The van der Waals surface area contributed by atoms with E-state index in [9.17, 15) is 22.0 Å². The summed E-state index contributed by atoms with van der Waals surface area (Å²) in [7, 11) is -4.61. The molecule has 0 atom stereocenters. The summed E-state index contributed by atoms with van der Waals surface area (Å²) in [4.78, 5) is 11.4. The average Bonchev–Trinajstić information content (AvgIpc) is 2.68. The number of halogens is 2. The molecule has 28 heavy (non-hydrogen) atoms. The van der Waals surface area contributed by atoms with Crippen molar-refractivity contribution in [2.45, 2.75) is 11.4 Å². The number of carbonyl (C=O) groups is 1. The van der Waals surface area contributed by atoms with Gasteiger partial charge in [0.1, 0.15) is 22.3 Å². The van der Waals surface area contributed by atoms with E-state index >= 15 is 0 Å². The lowest BCUT2D eigenvalue weighted by molar-refractivity contribution is 0.0950. The summed E-state index contributed by atoms with van der Waals surface area (Å²) in [5, 5.41) is 2.70. The zero-order valence-electron chi connectivity index (χ0n) is 14.4. The summed E-state index contributed by atoms with van der Waals surface area (Å²) in [5.74, 6) is -2.70. The largest absolute Gasteiger partial charge is 0.379 e. The van der Waals surface area contributed by atoms with Crippen molar-refractivity contribution in [3.63, 3.8) is 0 Å². The molecule has 0 saturated carbocycles. The van der Waals surface area contributed by atoms with Crippen LogP contribution in [0.2, 0.25) is 0 Å².